The summed E-state index contributed by atoms with van der Waals surface area (Å²) in [5.41, 5.74) is 0.0272. The summed E-state index contributed by atoms with van der Waals surface area (Å²) >= 11 is 0. The molecule has 3 N–H and O–H groups in total. The second kappa shape index (κ2) is 6.61. The first-order valence-corrected chi connectivity index (χ1v) is 7.70. The highest BCUT2D eigenvalue weighted by Crippen LogP contribution is 2.35. The topological polar surface area (TPSA) is 98.3 Å². The van der Waals surface area contributed by atoms with E-state index >= 15 is 0 Å². The van der Waals surface area contributed by atoms with E-state index in [4.69, 9.17) is 5.41 Å². The third-order valence-corrected chi connectivity index (χ3v) is 3.93. The molecule has 1 amide bonds. The molecule has 0 saturated carbocycles. The van der Waals surface area contributed by atoms with Crippen LogP contribution < -0.4 is 10.7 Å². The van der Waals surface area contributed by atoms with E-state index in [9.17, 15) is 18.0 Å². The summed E-state index contributed by atoms with van der Waals surface area (Å²) in [7, 11) is 0. The molecular formula is C15H16F3N6O+. The van der Waals surface area contributed by atoms with Crippen molar-refractivity contribution in [1.82, 2.24) is 25.1 Å². The number of amides is 1. The lowest BCUT2D eigenvalue weighted by Gasteiger charge is -2.14. The molecule has 1 aliphatic rings. The Balaban J connectivity index is 1.77. The Morgan fingerprint density at radius 2 is 2.04 bits per heavy atom. The molecule has 0 spiro atoms. The number of carbonyl (C=O) groups excluding carboxylic acids is 1. The first-order chi connectivity index (χ1) is 11.9. The highest BCUT2D eigenvalue weighted by atomic mass is 19.4. The van der Waals surface area contributed by atoms with E-state index in [0.29, 0.717) is 25.0 Å². The molecule has 0 fully saturated rings. The number of hydrogen-bond donors (Lipinski definition) is 2. The predicted molar refractivity (Wildman–Crippen MR) is 80.1 cm³/mol. The summed E-state index contributed by atoms with van der Waals surface area (Å²) in [6.45, 7) is -0.348. The average molecular weight is 353 g/mol. The SMILES string of the molecule is [NH2+]=C(NC(=O)Cn1nc(C(F)(F)F)c2c1CCCC2)c1cnccn1. The van der Waals surface area contributed by atoms with Crippen LogP contribution >= 0.6 is 0 Å². The van der Waals surface area contributed by atoms with Gasteiger partial charge in [0.25, 0.3) is 0 Å². The minimum absolute atomic E-state index is 0.0184. The Labute approximate surface area is 140 Å². The number of amidine groups is 1. The lowest BCUT2D eigenvalue weighted by molar-refractivity contribution is -0.142. The summed E-state index contributed by atoms with van der Waals surface area (Å²) in [4.78, 5) is 19.9. The molecule has 0 atom stereocenters. The van der Waals surface area contributed by atoms with E-state index in [1.54, 1.807) is 0 Å². The van der Waals surface area contributed by atoms with Crippen molar-refractivity contribution in [2.45, 2.75) is 38.4 Å². The number of hydrogen-bond acceptors (Lipinski definition) is 4. The van der Waals surface area contributed by atoms with Gasteiger partial charge in [-0.25, -0.2) is 15.1 Å². The van der Waals surface area contributed by atoms with Gasteiger partial charge in [0.1, 0.15) is 6.54 Å². The van der Waals surface area contributed by atoms with Crippen LogP contribution in [0.5, 0.6) is 0 Å². The Kier molecular flexibility index (Phi) is 4.51. The Hall–Kier alpha value is -2.78. The van der Waals surface area contributed by atoms with Gasteiger partial charge in [0.05, 0.1) is 6.20 Å². The maximum atomic E-state index is 13.1. The van der Waals surface area contributed by atoms with Crippen LogP contribution in [-0.4, -0.2) is 31.5 Å². The zero-order valence-corrected chi connectivity index (χ0v) is 13.2. The van der Waals surface area contributed by atoms with Crippen molar-refractivity contribution >= 4 is 11.7 Å². The van der Waals surface area contributed by atoms with Crippen LogP contribution in [0.2, 0.25) is 0 Å². The lowest BCUT2D eigenvalue weighted by Crippen LogP contribution is -2.52. The molecule has 0 aromatic carbocycles. The molecule has 2 aromatic rings. The predicted octanol–water partition coefficient (Wildman–Crippen LogP) is -0.107. The Morgan fingerprint density at radius 1 is 1.28 bits per heavy atom. The molecular weight excluding hydrogens is 337 g/mol. The molecule has 2 heterocycles. The van der Waals surface area contributed by atoms with Crippen molar-refractivity contribution in [3.63, 3.8) is 0 Å². The third-order valence-electron chi connectivity index (χ3n) is 3.93. The summed E-state index contributed by atoms with van der Waals surface area (Å²) in [5.74, 6) is -0.595. The van der Waals surface area contributed by atoms with Crippen LogP contribution in [0.1, 0.15) is 35.5 Å². The molecule has 132 valence electrons. The highest BCUT2D eigenvalue weighted by Gasteiger charge is 2.39. The molecule has 10 heteroatoms. The molecule has 1 aliphatic carbocycles. The normalized spacial score (nSPS) is 14.0. The number of nitrogens with zero attached hydrogens (tertiary/aromatic N) is 4. The smallest absolute Gasteiger partial charge is 0.285 e. The zero-order chi connectivity index (χ0) is 18.0. The van der Waals surface area contributed by atoms with Gasteiger partial charge in [0.15, 0.2) is 11.4 Å². The zero-order valence-electron chi connectivity index (χ0n) is 13.2. The molecule has 0 radical (unpaired) electrons. The van der Waals surface area contributed by atoms with Gasteiger partial charge in [-0.05, 0) is 25.7 Å². The molecule has 0 aliphatic heterocycles. The summed E-state index contributed by atoms with van der Waals surface area (Å²) in [6, 6.07) is 0. The van der Waals surface area contributed by atoms with Gasteiger partial charge in [0.2, 0.25) is 0 Å². The number of aromatic nitrogens is 4. The Bertz CT molecular complexity index is 800. The second-order valence-electron chi connectivity index (χ2n) is 5.69. The molecule has 0 bridgehead atoms. The van der Waals surface area contributed by atoms with Gasteiger partial charge in [-0.1, -0.05) is 0 Å². The van der Waals surface area contributed by atoms with Crippen LogP contribution in [0.25, 0.3) is 0 Å². The average Bonchev–Trinajstić information content (AvgIpc) is 2.94. The van der Waals surface area contributed by atoms with Crippen LogP contribution in [-0.2, 0) is 30.4 Å². The number of rotatable bonds is 3. The minimum Gasteiger partial charge on any atom is -0.285 e. The summed E-state index contributed by atoms with van der Waals surface area (Å²) in [5, 5.41) is 11.8. The van der Waals surface area contributed by atoms with Gasteiger partial charge in [-0.15, -0.1) is 0 Å². The van der Waals surface area contributed by atoms with Crippen molar-refractivity contribution in [3.8, 4) is 0 Å². The van der Waals surface area contributed by atoms with Crippen molar-refractivity contribution in [3.05, 3.63) is 41.2 Å². The van der Waals surface area contributed by atoms with E-state index in [-0.39, 0.29) is 23.6 Å². The third kappa shape index (κ3) is 3.67. The highest BCUT2D eigenvalue weighted by molar-refractivity contribution is 6.03. The van der Waals surface area contributed by atoms with Gasteiger partial charge >= 0.3 is 17.9 Å². The lowest BCUT2D eigenvalue weighted by atomic mass is 9.95. The molecule has 2 aromatic heterocycles. The minimum atomic E-state index is -4.53. The first kappa shape index (κ1) is 17.1. The molecule has 25 heavy (non-hydrogen) atoms. The van der Waals surface area contributed by atoms with Crippen LogP contribution in [0, 0.1) is 0 Å². The van der Waals surface area contributed by atoms with Crippen LogP contribution in [0.4, 0.5) is 13.2 Å². The number of alkyl halides is 3. The van der Waals surface area contributed by atoms with Crippen LogP contribution in [0.15, 0.2) is 18.6 Å². The van der Waals surface area contributed by atoms with Gasteiger partial charge in [-0.2, -0.15) is 18.3 Å². The molecule has 0 unspecified atom stereocenters. The maximum absolute atomic E-state index is 13.1. The van der Waals surface area contributed by atoms with E-state index in [2.05, 4.69) is 20.4 Å². The molecule has 3 rings (SSSR count). The van der Waals surface area contributed by atoms with Crippen molar-refractivity contribution < 1.29 is 23.4 Å². The fourth-order valence-corrected chi connectivity index (χ4v) is 2.86. The standard InChI is InChI=1S/C15H15F3N6O/c16-15(17,18)13-9-3-1-2-4-11(9)24(23-13)8-12(25)22-14(19)10-7-20-5-6-21-10/h5-7H,1-4,8H2,(H2,19,22,25)/p+1. The van der Waals surface area contributed by atoms with Gasteiger partial charge < -0.3 is 0 Å². The summed E-state index contributed by atoms with van der Waals surface area (Å²) in [6.07, 6.45) is 1.93. The second-order valence-corrected chi connectivity index (χ2v) is 5.69. The Morgan fingerprint density at radius 3 is 2.72 bits per heavy atom. The van der Waals surface area contributed by atoms with Crippen molar-refractivity contribution in [1.29, 1.82) is 0 Å². The number of nitrogens with one attached hydrogen (secondary N) is 1. The molecule has 0 saturated heterocycles. The number of nitrogens with two attached hydrogens (primary N) is 1. The van der Waals surface area contributed by atoms with E-state index in [0.717, 1.165) is 11.1 Å². The largest absolute Gasteiger partial charge is 0.435 e. The van der Waals surface area contributed by atoms with Crippen molar-refractivity contribution in [2.24, 2.45) is 0 Å². The van der Waals surface area contributed by atoms with E-state index < -0.39 is 17.8 Å². The quantitative estimate of drug-likeness (QED) is 0.594. The van der Waals surface area contributed by atoms with Gasteiger partial charge in [-0.3, -0.25) is 15.1 Å². The fourth-order valence-electron chi connectivity index (χ4n) is 2.86. The van der Waals surface area contributed by atoms with Crippen molar-refractivity contribution in [2.75, 3.05) is 0 Å². The monoisotopic (exact) mass is 353 g/mol. The van der Waals surface area contributed by atoms with E-state index in [1.807, 2.05) is 0 Å². The van der Waals surface area contributed by atoms with E-state index in [1.165, 1.54) is 18.6 Å². The number of halogens is 3. The summed E-state index contributed by atoms with van der Waals surface area (Å²) < 4.78 is 40.5. The first-order valence-electron chi connectivity index (χ1n) is 7.70. The van der Waals surface area contributed by atoms with Crippen LogP contribution in [0.3, 0.4) is 0 Å². The fraction of sp³-hybridized carbons (Fsp3) is 0.400. The number of carbonyl (C=O) groups is 1. The van der Waals surface area contributed by atoms with Gasteiger partial charge in [0, 0.05) is 23.7 Å². The molecule has 7 nitrogen and oxygen atoms in total. The number of fused-ring (bicyclic) bond motifs is 1. The maximum Gasteiger partial charge on any atom is 0.435 e.